The number of aromatic nitrogens is 2. The van der Waals surface area contributed by atoms with Gasteiger partial charge < -0.3 is 19.2 Å². The molecule has 1 amide bonds. The molecule has 0 bridgehead atoms. The van der Waals surface area contributed by atoms with Crippen molar-refractivity contribution in [3.63, 3.8) is 0 Å². The Morgan fingerprint density at radius 2 is 2.13 bits per heavy atom. The minimum absolute atomic E-state index is 0.114. The van der Waals surface area contributed by atoms with Crippen LogP contribution in [0.4, 0.5) is 0 Å². The first-order valence-corrected chi connectivity index (χ1v) is 7.03. The monoisotopic (exact) mass is 313 g/mol. The summed E-state index contributed by atoms with van der Waals surface area (Å²) < 4.78 is 10.2. The Balaban J connectivity index is 1.72. The number of pyridine rings is 1. The Morgan fingerprint density at radius 1 is 1.30 bits per heavy atom. The van der Waals surface area contributed by atoms with Crippen LogP contribution in [-0.4, -0.2) is 16.0 Å². The molecule has 0 aliphatic rings. The highest BCUT2D eigenvalue weighted by Crippen LogP contribution is 2.20. The van der Waals surface area contributed by atoms with Gasteiger partial charge in [-0.15, -0.1) is 0 Å². The molecule has 3 aromatic rings. The van der Waals surface area contributed by atoms with E-state index < -0.39 is 5.91 Å². The van der Waals surface area contributed by atoms with Gasteiger partial charge in [-0.05, 0) is 37.6 Å². The zero-order chi connectivity index (χ0) is 16.4. The van der Waals surface area contributed by atoms with Crippen molar-refractivity contribution in [1.29, 1.82) is 0 Å². The number of nitrogens with one attached hydrogen (secondary N) is 2. The molecule has 3 aromatic heterocycles. The van der Waals surface area contributed by atoms with Gasteiger partial charge in [-0.25, -0.2) is 0 Å². The topological polar surface area (TPSA) is 101 Å². The first-order valence-electron chi connectivity index (χ1n) is 7.03. The first-order chi connectivity index (χ1) is 11.0. The second-order valence-electron chi connectivity index (χ2n) is 5.18. The van der Waals surface area contributed by atoms with E-state index in [0.29, 0.717) is 17.1 Å². The summed E-state index contributed by atoms with van der Waals surface area (Å²) in [6, 6.07) is 6.76. The number of aryl methyl sites for hydroxylation is 2. The zero-order valence-corrected chi connectivity index (χ0v) is 12.7. The van der Waals surface area contributed by atoms with Crippen molar-refractivity contribution in [3.8, 4) is 11.5 Å². The van der Waals surface area contributed by atoms with Crippen LogP contribution in [0.25, 0.3) is 11.5 Å². The highest BCUT2D eigenvalue weighted by atomic mass is 16.5. The van der Waals surface area contributed by atoms with Crippen LogP contribution in [0.1, 0.15) is 27.3 Å². The smallest absolute Gasteiger partial charge is 0.273 e. The van der Waals surface area contributed by atoms with Gasteiger partial charge in [0.05, 0.1) is 6.26 Å². The average Bonchev–Trinajstić information content (AvgIpc) is 3.17. The Bertz CT molecular complexity index is 890. The highest BCUT2D eigenvalue weighted by molar-refractivity contribution is 5.92. The number of amides is 1. The van der Waals surface area contributed by atoms with Gasteiger partial charge in [-0.1, -0.05) is 5.16 Å². The molecule has 2 N–H and O–H groups in total. The summed E-state index contributed by atoms with van der Waals surface area (Å²) in [5, 5.41) is 6.37. The van der Waals surface area contributed by atoms with Crippen LogP contribution in [0.2, 0.25) is 0 Å². The minimum Gasteiger partial charge on any atom is -0.461 e. The SMILES string of the molecule is Cc1cc(C)c(CNC(=O)c2cc(-c3ccco3)on2)c(=O)[nH]1. The van der Waals surface area contributed by atoms with E-state index in [0.717, 1.165) is 11.3 Å². The fourth-order valence-corrected chi connectivity index (χ4v) is 2.28. The Hall–Kier alpha value is -3.09. The van der Waals surface area contributed by atoms with Crippen LogP contribution in [0.5, 0.6) is 0 Å². The number of rotatable bonds is 4. The predicted octanol–water partition coefficient (Wildman–Crippen LogP) is 2.17. The molecule has 0 fully saturated rings. The summed E-state index contributed by atoms with van der Waals surface area (Å²) in [5.74, 6) is 0.429. The third kappa shape index (κ3) is 3.08. The molecule has 0 saturated heterocycles. The van der Waals surface area contributed by atoms with Crippen LogP contribution < -0.4 is 10.9 Å². The van der Waals surface area contributed by atoms with Crippen LogP contribution >= 0.6 is 0 Å². The zero-order valence-electron chi connectivity index (χ0n) is 12.7. The van der Waals surface area contributed by atoms with Crippen molar-refractivity contribution >= 4 is 5.91 Å². The molecule has 23 heavy (non-hydrogen) atoms. The number of carbonyl (C=O) groups is 1. The molecule has 3 heterocycles. The first kappa shape index (κ1) is 14.8. The number of carbonyl (C=O) groups excluding carboxylic acids is 1. The largest absolute Gasteiger partial charge is 0.461 e. The van der Waals surface area contributed by atoms with Gasteiger partial charge in [0.1, 0.15) is 0 Å². The van der Waals surface area contributed by atoms with Crippen LogP contribution in [-0.2, 0) is 6.54 Å². The Kier molecular flexibility index (Phi) is 3.84. The lowest BCUT2D eigenvalue weighted by Gasteiger charge is -2.06. The summed E-state index contributed by atoms with van der Waals surface area (Å²) in [5.41, 5.74) is 2.03. The molecule has 0 aromatic carbocycles. The highest BCUT2D eigenvalue weighted by Gasteiger charge is 2.15. The molecule has 7 heteroatoms. The molecule has 0 aliphatic carbocycles. The number of aromatic amines is 1. The number of furan rings is 1. The maximum Gasteiger partial charge on any atom is 0.273 e. The van der Waals surface area contributed by atoms with Crippen molar-refractivity contribution in [2.45, 2.75) is 20.4 Å². The molecular formula is C16H15N3O4. The van der Waals surface area contributed by atoms with E-state index in [4.69, 9.17) is 8.94 Å². The molecular weight excluding hydrogens is 298 g/mol. The summed E-state index contributed by atoms with van der Waals surface area (Å²) in [6.45, 7) is 3.75. The van der Waals surface area contributed by atoms with Gasteiger partial charge >= 0.3 is 0 Å². The van der Waals surface area contributed by atoms with E-state index in [-0.39, 0.29) is 17.8 Å². The molecule has 0 spiro atoms. The standard InChI is InChI=1S/C16H15N3O4/c1-9-6-10(2)18-15(20)11(9)8-17-16(21)12-7-14(23-19-12)13-4-3-5-22-13/h3-7H,8H2,1-2H3,(H,17,21)(H,18,20). The van der Waals surface area contributed by atoms with Gasteiger partial charge in [0.2, 0.25) is 5.76 Å². The minimum atomic E-state index is -0.425. The maximum absolute atomic E-state index is 12.1. The van der Waals surface area contributed by atoms with E-state index in [1.165, 1.54) is 12.3 Å². The van der Waals surface area contributed by atoms with Crippen molar-refractivity contribution in [3.05, 3.63) is 63.4 Å². The van der Waals surface area contributed by atoms with Gasteiger partial charge in [0, 0.05) is 23.9 Å². The van der Waals surface area contributed by atoms with Crippen molar-refractivity contribution < 1.29 is 13.7 Å². The van der Waals surface area contributed by atoms with Gasteiger partial charge in [0.15, 0.2) is 11.5 Å². The number of H-pyrrole nitrogens is 1. The van der Waals surface area contributed by atoms with Crippen LogP contribution in [0, 0.1) is 13.8 Å². The van der Waals surface area contributed by atoms with E-state index in [9.17, 15) is 9.59 Å². The second-order valence-corrected chi connectivity index (χ2v) is 5.18. The van der Waals surface area contributed by atoms with Crippen LogP contribution in [0.3, 0.4) is 0 Å². The van der Waals surface area contributed by atoms with Gasteiger partial charge in [-0.3, -0.25) is 9.59 Å². The van der Waals surface area contributed by atoms with E-state index in [1.54, 1.807) is 12.1 Å². The Morgan fingerprint density at radius 3 is 2.83 bits per heavy atom. The Labute approximate surface area is 131 Å². The predicted molar refractivity (Wildman–Crippen MR) is 81.9 cm³/mol. The lowest BCUT2D eigenvalue weighted by molar-refractivity contribution is 0.0941. The molecule has 7 nitrogen and oxygen atoms in total. The van der Waals surface area contributed by atoms with Gasteiger partial charge in [-0.2, -0.15) is 0 Å². The van der Waals surface area contributed by atoms with Gasteiger partial charge in [0.25, 0.3) is 11.5 Å². The fourth-order valence-electron chi connectivity index (χ4n) is 2.28. The summed E-state index contributed by atoms with van der Waals surface area (Å²) in [7, 11) is 0. The third-order valence-electron chi connectivity index (χ3n) is 3.43. The lowest BCUT2D eigenvalue weighted by Crippen LogP contribution is -2.28. The van der Waals surface area contributed by atoms with Crippen molar-refractivity contribution in [2.75, 3.05) is 0 Å². The molecule has 118 valence electrons. The summed E-state index contributed by atoms with van der Waals surface area (Å²) in [4.78, 5) is 26.7. The normalized spacial score (nSPS) is 10.7. The molecule has 0 radical (unpaired) electrons. The van der Waals surface area contributed by atoms with E-state index >= 15 is 0 Å². The van der Waals surface area contributed by atoms with E-state index in [1.807, 2.05) is 19.9 Å². The van der Waals surface area contributed by atoms with Crippen molar-refractivity contribution in [2.24, 2.45) is 0 Å². The lowest BCUT2D eigenvalue weighted by atomic mass is 10.1. The summed E-state index contributed by atoms with van der Waals surface area (Å²) in [6.07, 6.45) is 1.50. The number of hydrogen-bond acceptors (Lipinski definition) is 5. The molecule has 0 saturated carbocycles. The molecule has 0 aliphatic heterocycles. The molecule has 3 rings (SSSR count). The third-order valence-corrected chi connectivity index (χ3v) is 3.43. The second kappa shape index (κ2) is 5.96. The average molecular weight is 313 g/mol. The fraction of sp³-hybridized carbons (Fsp3) is 0.188. The van der Waals surface area contributed by atoms with E-state index in [2.05, 4.69) is 15.5 Å². The quantitative estimate of drug-likeness (QED) is 0.768. The van der Waals surface area contributed by atoms with Crippen LogP contribution in [0.15, 0.2) is 44.3 Å². The summed E-state index contributed by atoms with van der Waals surface area (Å²) >= 11 is 0. The maximum atomic E-state index is 12.1. The molecule has 0 unspecified atom stereocenters. The number of hydrogen-bond donors (Lipinski definition) is 2. The number of nitrogens with zero attached hydrogens (tertiary/aromatic N) is 1. The van der Waals surface area contributed by atoms with Crippen molar-refractivity contribution in [1.82, 2.24) is 15.5 Å². The molecule has 0 atom stereocenters.